The van der Waals surface area contributed by atoms with E-state index in [0.717, 1.165) is 0 Å². The lowest BCUT2D eigenvalue weighted by atomic mass is 10.2. The molecule has 1 unspecified atom stereocenters. The van der Waals surface area contributed by atoms with Gasteiger partial charge in [0.2, 0.25) is 0 Å². The van der Waals surface area contributed by atoms with Crippen molar-refractivity contribution in [2.24, 2.45) is 5.92 Å². The van der Waals surface area contributed by atoms with Crippen molar-refractivity contribution in [3.05, 3.63) is 23.9 Å². The van der Waals surface area contributed by atoms with Gasteiger partial charge in [-0.25, -0.2) is 4.98 Å². The maximum Gasteiger partial charge on any atom is 0.251 e. The SMILES string of the molecule is CC(NC(=O)c1ccnc(N)c1)C1CC1. The summed E-state index contributed by atoms with van der Waals surface area (Å²) in [7, 11) is 0. The fraction of sp³-hybridized carbons (Fsp3) is 0.455. The largest absolute Gasteiger partial charge is 0.384 e. The second-order valence-electron chi connectivity index (χ2n) is 4.07. The number of carbonyl (C=O) groups is 1. The van der Waals surface area contributed by atoms with Crippen LogP contribution in [0.4, 0.5) is 5.82 Å². The molecule has 0 aromatic carbocycles. The Bertz CT molecular complexity index is 374. The van der Waals surface area contributed by atoms with Crippen molar-refractivity contribution in [3.8, 4) is 0 Å². The molecule has 1 amide bonds. The summed E-state index contributed by atoms with van der Waals surface area (Å²) in [5.41, 5.74) is 6.09. The number of nitrogens with two attached hydrogens (primary N) is 1. The quantitative estimate of drug-likeness (QED) is 0.778. The number of hydrogen-bond donors (Lipinski definition) is 2. The van der Waals surface area contributed by atoms with Crippen LogP contribution in [0.5, 0.6) is 0 Å². The number of nitrogen functional groups attached to an aromatic ring is 1. The Balaban J connectivity index is 2.00. The molecule has 0 spiro atoms. The van der Waals surface area contributed by atoms with Gasteiger partial charge in [-0.1, -0.05) is 0 Å². The molecule has 0 radical (unpaired) electrons. The molecule has 1 aromatic heterocycles. The molecule has 0 saturated heterocycles. The van der Waals surface area contributed by atoms with E-state index in [1.54, 1.807) is 18.3 Å². The van der Waals surface area contributed by atoms with Gasteiger partial charge in [0.15, 0.2) is 0 Å². The summed E-state index contributed by atoms with van der Waals surface area (Å²) in [4.78, 5) is 15.6. The van der Waals surface area contributed by atoms with E-state index in [1.807, 2.05) is 6.92 Å². The third-order valence-electron chi connectivity index (χ3n) is 2.73. The van der Waals surface area contributed by atoms with Crippen LogP contribution in [0.2, 0.25) is 0 Å². The Morgan fingerprint density at radius 3 is 3.00 bits per heavy atom. The summed E-state index contributed by atoms with van der Waals surface area (Å²) in [5.74, 6) is 0.971. The lowest BCUT2D eigenvalue weighted by molar-refractivity contribution is 0.0936. The molecule has 15 heavy (non-hydrogen) atoms. The number of nitrogens with zero attached hydrogens (tertiary/aromatic N) is 1. The highest BCUT2D eigenvalue weighted by Gasteiger charge is 2.29. The minimum atomic E-state index is -0.0662. The molecule has 0 bridgehead atoms. The van der Waals surface area contributed by atoms with Gasteiger partial charge in [-0.15, -0.1) is 0 Å². The zero-order valence-corrected chi connectivity index (χ0v) is 8.73. The highest BCUT2D eigenvalue weighted by Crippen LogP contribution is 2.32. The molecule has 0 aliphatic heterocycles. The first kappa shape index (κ1) is 9.96. The zero-order chi connectivity index (χ0) is 10.8. The van der Waals surface area contributed by atoms with E-state index in [2.05, 4.69) is 10.3 Å². The number of amides is 1. The third-order valence-corrected chi connectivity index (χ3v) is 2.73. The van der Waals surface area contributed by atoms with E-state index in [9.17, 15) is 4.79 Å². The van der Waals surface area contributed by atoms with E-state index >= 15 is 0 Å². The van der Waals surface area contributed by atoms with Gasteiger partial charge in [0, 0.05) is 17.8 Å². The molecule has 1 heterocycles. The summed E-state index contributed by atoms with van der Waals surface area (Å²) in [6.45, 7) is 2.04. The second-order valence-corrected chi connectivity index (χ2v) is 4.07. The van der Waals surface area contributed by atoms with Gasteiger partial charge in [0.05, 0.1) is 0 Å². The first-order chi connectivity index (χ1) is 7.16. The van der Waals surface area contributed by atoms with Gasteiger partial charge in [-0.05, 0) is 37.8 Å². The average molecular weight is 205 g/mol. The fourth-order valence-electron chi connectivity index (χ4n) is 1.59. The molecule has 4 nitrogen and oxygen atoms in total. The van der Waals surface area contributed by atoms with Crippen molar-refractivity contribution < 1.29 is 4.79 Å². The van der Waals surface area contributed by atoms with E-state index in [0.29, 0.717) is 17.3 Å². The fourth-order valence-corrected chi connectivity index (χ4v) is 1.59. The lowest BCUT2D eigenvalue weighted by Crippen LogP contribution is -2.34. The first-order valence-corrected chi connectivity index (χ1v) is 5.19. The van der Waals surface area contributed by atoms with Gasteiger partial charge in [-0.2, -0.15) is 0 Å². The number of nitrogens with one attached hydrogen (secondary N) is 1. The van der Waals surface area contributed by atoms with E-state index in [1.165, 1.54) is 12.8 Å². The Labute approximate surface area is 88.9 Å². The number of pyridine rings is 1. The average Bonchev–Trinajstić information content (AvgIpc) is 3.00. The van der Waals surface area contributed by atoms with Crippen molar-refractivity contribution in [3.63, 3.8) is 0 Å². The molecule has 80 valence electrons. The standard InChI is InChI=1S/C11H15N3O/c1-7(8-2-3-8)14-11(15)9-4-5-13-10(12)6-9/h4-8H,2-3H2,1H3,(H2,12,13)(H,14,15). The van der Waals surface area contributed by atoms with Crippen LogP contribution in [-0.4, -0.2) is 16.9 Å². The molecule has 3 N–H and O–H groups in total. The molecular weight excluding hydrogens is 190 g/mol. The van der Waals surface area contributed by atoms with Crippen molar-refractivity contribution >= 4 is 11.7 Å². The number of hydrogen-bond acceptors (Lipinski definition) is 3. The highest BCUT2D eigenvalue weighted by molar-refractivity contribution is 5.94. The first-order valence-electron chi connectivity index (χ1n) is 5.19. The Morgan fingerprint density at radius 2 is 2.40 bits per heavy atom. The smallest absolute Gasteiger partial charge is 0.251 e. The van der Waals surface area contributed by atoms with Crippen LogP contribution in [0, 0.1) is 5.92 Å². The normalized spacial score (nSPS) is 17.1. The van der Waals surface area contributed by atoms with Gasteiger partial charge in [-0.3, -0.25) is 4.79 Å². The van der Waals surface area contributed by atoms with Crippen LogP contribution in [0.15, 0.2) is 18.3 Å². The molecule has 1 aliphatic carbocycles. The predicted octanol–water partition coefficient (Wildman–Crippen LogP) is 1.19. The summed E-state index contributed by atoms with van der Waals surface area (Å²) in [5, 5.41) is 2.96. The minimum Gasteiger partial charge on any atom is -0.384 e. The van der Waals surface area contributed by atoms with Gasteiger partial charge < -0.3 is 11.1 Å². The molecule has 4 heteroatoms. The van der Waals surface area contributed by atoms with Crippen LogP contribution in [0.25, 0.3) is 0 Å². The van der Waals surface area contributed by atoms with Gasteiger partial charge >= 0.3 is 0 Å². The third kappa shape index (κ3) is 2.46. The second kappa shape index (κ2) is 3.88. The molecule has 1 aliphatic rings. The van der Waals surface area contributed by atoms with Crippen LogP contribution >= 0.6 is 0 Å². The van der Waals surface area contributed by atoms with Crippen molar-refractivity contribution in [1.29, 1.82) is 0 Å². The topological polar surface area (TPSA) is 68.0 Å². The van der Waals surface area contributed by atoms with Crippen molar-refractivity contribution in [2.75, 3.05) is 5.73 Å². The van der Waals surface area contributed by atoms with E-state index in [-0.39, 0.29) is 11.9 Å². The predicted molar refractivity (Wildman–Crippen MR) is 58.3 cm³/mol. The van der Waals surface area contributed by atoms with Crippen LogP contribution < -0.4 is 11.1 Å². The molecular formula is C11H15N3O. The molecule has 2 rings (SSSR count). The van der Waals surface area contributed by atoms with E-state index in [4.69, 9.17) is 5.73 Å². The van der Waals surface area contributed by atoms with E-state index < -0.39 is 0 Å². The minimum absolute atomic E-state index is 0.0662. The summed E-state index contributed by atoms with van der Waals surface area (Å²) in [6, 6.07) is 3.52. The lowest BCUT2D eigenvalue weighted by Gasteiger charge is -2.12. The number of anilines is 1. The zero-order valence-electron chi connectivity index (χ0n) is 8.73. The summed E-state index contributed by atoms with van der Waals surface area (Å²) < 4.78 is 0. The molecule has 1 saturated carbocycles. The summed E-state index contributed by atoms with van der Waals surface area (Å²) >= 11 is 0. The number of aromatic nitrogens is 1. The van der Waals surface area contributed by atoms with Gasteiger partial charge in [0.1, 0.15) is 5.82 Å². The number of carbonyl (C=O) groups excluding carboxylic acids is 1. The van der Waals surface area contributed by atoms with Crippen LogP contribution in [0.1, 0.15) is 30.1 Å². The molecule has 1 fully saturated rings. The summed E-state index contributed by atoms with van der Waals surface area (Å²) in [6.07, 6.45) is 3.99. The Hall–Kier alpha value is -1.58. The highest BCUT2D eigenvalue weighted by atomic mass is 16.1. The monoisotopic (exact) mass is 205 g/mol. The van der Waals surface area contributed by atoms with Crippen LogP contribution in [0.3, 0.4) is 0 Å². The van der Waals surface area contributed by atoms with Crippen molar-refractivity contribution in [1.82, 2.24) is 10.3 Å². The maximum absolute atomic E-state index is 11.7. The van der Waals surface area contributed by atoms with Crippen molar-refractivity contribution in [2.45, 2.75) is 25.8 Å². The Morgan fingerprint density at radius 1 is 1.67 bits per heavy atom. The molecule has 1 aromatic rings. The van der Waals surface area contributed by atoms with Crippen LogP contribution in [-0.2, 0) is 0 Å². The van der Waals surface area contributed by atoms with Gasteiger partial charge in [0.25, 0.3) is 5.91 Å². The maximum atomic E-state index is 11.7. The molecule has 1 atom stereocenters. The number of rotatable bonds is 3. The Kier molecular flexibility index (Phi) is 2.58.